The second-order valence-electron chi connectivity index (χ2n) is 4.67. The van der Waals surface area contributed by atoms with Crippen LogP contribution in [0.4, 0.5) is 11.4 Å². The van der Waals surface area contributed by atoms with Crippen LogP contribution in [0, 0.1) is 0 Å². The first-order chi connectivity index (χ1) is 10.1. The van der Waals surface area contributed by atoms with Crippen LogP contribution in [0.3, 0.4) is 0 Å². The lowest BCUT2D eigenvalue weighted by atomic mass is 10.1. The molecule has 110 valence electrons. The van der Waals surface area contributed by atoms with E-state index in [1.54, 1.807) is 6.07 Å². The van der Waals surface area contributed by atoms with Crippen LogP contribution in [0.1, 0.15) is 18.5 Å². The molecule has 0 saturated heterocycles. The first-order valence-electron chi connectivity index (χ1n) is 6.62. The first kappa shape index (κ1) is 15.5. The van der Waals surface area contributed by atoms with E-state index in [0.29, 0.717) is 5.69 Å². The van der Waals surface area contributed by atoms with Gasteiger partial charge in [0.25, 0.3) is 0 Å². The topological polar surface area (TPSA) is 61.4 Å². The lowest BCUT2D eigenvalue weighted by Gasteiger charge is -2.17. The minimum atomic E-state index is -0.523. The van der Waals surface area contributed by atoms with Gasteiger partial charge >= 0.3 is 0 Å². The van der Waals surface area contributed by atoms with Crippen LogP contribution >= 0.6 is 15.9 Å². The second kappa shape index (κ2) is 7.24. The monoisotopic (exact) mass is 348 g/mol. The van der Waals surface area contributed by atoms with Crippen molar-refractivity contribution in [1.29, 1.82) is 0 Å². The van der Waals surface area contributed by atoms with Gasteiger partial charge < -0.3 is 15.7 Å². The van der Waals surface area contributed by atoms with Crippen molar-refractivity contribution >= 4 is 33.2 Å². The maximum atomic E-state index is 11.2. The van der Waals surface area contributed by atoms with Crippen molar-refractivity contribution in [2.45, 2.75) is 13.0 Å². The van der Waals surface area contributed by atoms with Crippen molar-refractivity contribution in [3.05, 3.63) is 58.6 Å². The Kier molecular flexibility index (Phi) is 5.36. The van der Waals surface area contributed by atoms with Crippen molar-refractivity contribution in [2.75, 3.05) is 17.2 Å². The summed E-state index contributed by atoms with van der Waals surface area (Å²) < 4.78 is 1.05. The van der Waals surface area contributed by atoms with Gasteiger partial charge in [-0.2, -0.15) is 0 Å². The molecule has 1 atom stereocenters. The average Bonchev–Trinajstić information content (AvgIpc) is 2.47. The lowest BCUT2D eigenvalue weighted by molar-refractivity contribution is -0.118. The molecule has 0 aliphatic carbocycles. The fourth-order valence-corrected chi connectivity index (χ4v) is 2.67. The number of carbonyl (C=O) groups excluding carboxylic acids is 1. The molecule has 2 aromatic rings. The van der Waals surface area contributed by atoms with Crippen LogP contribution in [-0.4, -0.2) is 17.6 Å². The average molecular weight is 349 g/mol. The summed E-state index contributed by atoms with van der Waals surface area (Å²) in [5.74, 6) is -0.425. The number of aliphatic hydroxyl groups excluding tert-OH is 1. The quantitative estimate of drug-likeness (QED) is 0.774. The van der Waals surface area contributed by atoms with Gasteiger partial charge in [0.2, 0.25) is 5.91 Å². The summed E-state index contributed by atoms with van der Waals surface area (Å²) in [7, 11) is 0. The molecule has 2 aromatic carbocycles. The summed E-state index contributed by atoms with van der Waals surface area (Å²) >= 11 is 3.54. The standard InChI is InChI=1S/C16H17BrN2O2/c1-11(14-7-2-3-8-15(14)17)18-12-5-4-6-13(9-12)19-16(21)10-20/h2-9,11,18,20H,10H2,1H3,(H,19,21). The first-order valence-corrected chi connectivity index (χ1v) is 7.41. The molecule has 1 unspecified atom stereocenters. The van der Waals surface area contributed by atoms with Crippen molar-refractivity contribution in [3.8, 4) is 0 Å². The molecule has 0 bridgehead atoms. The molecule has 21 heavy (non-hydrogen) atoms. The number of hydrogen-bond donors (Lipinski definition) is 3. The fourth-order valence-electron chi connectivity index (χ4n) is 2.04. The third-order valence-electron chi connectivity index (χ3n) is 3.04. The molecular formula is C16H17BrN2O2. The normalized spacial score (nSPS) is 11.8. The maximum absolute atomic E-state index is 11.2. The number of nitrogens with one attached hydrogen (secondary N) is 2. The molecule has 3 N–H and O–H groups in total. The highest BCUT2D eigenvalue weighted by Crippen LogP contribution is 2.26. The molecule has 0 aromatic heterocycles. The molecule has 0 spiro atoms. The van der Waals surface area contributed by atoms with E-state index in [2.05, 4.69) is 39.6 Å². The SMILES string of the molecule is CC(Nc1cccc(NC(=O)CO)c1)c1ccccc1Br. The summed E-state index contributed by atoms with van der Waals surface area (Å²) in [4.78, 5) is 11.2. The van der Waals surface area contributed by atoms with E-state index in [9.17, 15) is 4.79 Å². The molecule has 0 heterocycles. The van der Waals surface area contributed by atoms with E-state index < -0.39 is 12.5 Å². The minimum absolute atomic E-state index is 0.115. The predicted octanol–water partition coefficient (Wildman–Crippen LogP) is 3.55. The number of aliphatic hydroxyl groups is 1. The zero-order valence-corrected chi connectivity index (χ0v) is 13.2. The lowest BCUT2D eigenvalue weighted by Crippen LogP contribution is -2.15. The maximum Gasteiger partial charge on any atom is 0.250 e. The van der Waals surface area contributed by atoms with E-state index >= 15 is 0 Å². The zero-order valence-electron chi connectivity index (χ0n) is 11.6. The number of hydrogen-bond acceptors (Lipinski definition) is 3. The summed E-state index contributed by atoms with van der Waals surface area (Å²) in [5, 5.41) is 14.8. The van der Waals surface area contributed by atoms with Gasteiger partial charge in [0.1, 0.15) is 6.61 Å². The Hall–Kier alpha value is -1.85. The van der Waals surface area contributed by atoms with Crippen LogP contribution in [0.25, 0.3) is 0 Å². The zero-order chi connectivity index (χ0) is 15.2. The number of benzene rings is 2. The molecule has 5 heteroatoms. The number of carbonyl (C=O) groups is 1. The van der Waals surface area contributed by atoms with Gasteiger partial charge in [0, 0.05) is 21.9 Å². The van der Waals surface area contributed by atoms with Crippen LogP contribution in [0.15, 0.2) is 53.0 Å². The number of anilines is 2. The van der Waals surface area contributed by atoms with E-state index in [4.69, 9.17) is 5.11 Å². The smallest absolute Gasteiger partial charge is 0.250 e. The Balaban J connectivity index is 2.11. The Morgan fingerprint density at radius 1 is 1.19 bits per heavy atom. The van der Waals surface area contributed by atoms with Gasteiger partial charge in [0.15, 0.2) is 0 Å². The summed E-state index contributed by atoms with van der Waals surface area (Å²) in [6.07, 6.45) is 0. The Labute approximate surface area is 132 Å². The van der Waals surface area contributed by atoms with Crippen molar-refractivity contribution in [2.24, 2.45) is 0 Å². The third kappa shape index (κ3) is 4.31. The van der Waals surface area contributed by atoms with Crippen molar-refractivity contribution < 1.29 is 9.90 Å². The number of halogens is 1. The van der Waals surface area contributed by atoms with E-state index in [-0.39, 0.29) is 6.04 Å². The van der Waals surface area contributed by atoms with Crippen LogP contribution in [0.5, 0.6) is 0 Å². The molecule has 0 saturated carbocycles. The van der Waals surface area contributed by atoms with Gasteiger partial charge in [-0.15, -0.1) is 0 Å². The van der Waals surface area contributed by atoms with E-state index in [0.717, 1.165) is 15.7 Å². The highest BCUT2D eigenvalue weighted by Gasteiger charge is 2.09. The van der Waals surface area contributed by atoms with Crippen molar-refractivity contribution in [3.63, 3.8) is 0 Å². The third-order valence-corrected chi connectivity index (χ3v) is 3.77. The summed E-state index contributed by atoms with van der Waals surface area (Å²) in [5.41, 5.74) is 2.70. The van der Waals surface area contributed by atoms with E-state index in [1.807, 2.05) is 36.4 Å². The van der Waals surface area contributed by atoms with Gasteiger partial charge in [-0.1, -0.05) is 40.2 Å². The van der Waals surface area contributed by atoms with Crippen LogP contribution in [-0.2, 0) is 4.79 Å². The van der Waals surface area contributed by atoms with Gasteiger partial charge in [-0.05, 0) is 36.8 Å². The molecule has 0 fully saturated rings. The van der Waals surface area contributed by atoms with Crippen molar-refractivity contribution in [1.82, 2.24) is 0 Å². The molecular weight excluding hydrogens is 332 g/mol. The molecule has 0 aliphatic heterocycles. The van der Waals surface area contributed by atoms with Crippen LogP contribution in [0.2, 0.25) is 0 Å². The fraction of sp³-hybridized carbons (Fsp3) is 0.188. The predicted molar refractivity (Wildman–Crippen MR) is 88.3 cm³/mol. The molecule has 1 amide bonds. The molecule has 4 nitrogen and oxygen atoms in total. The van der Waals surface area contributed by atoms with Crippen LogP contribution < -0.4 is 10.6 Å². The summed E-state index contributed by atoms with van der Waals surface area (Å²) in [6, 6.07) is 15.5. The number of rotatable bonds is 5. The Morgan fingerprint density at radius 2 is 1.90 bits per heavy atom. The van der Waals surface area contributed by atoms with Gasteiger partial charge in [-0.3, -0.25) is 4.79 Å². The van der Waals surface area contributed by atoms with Gasteiger partial charge in [-0.25, -0.2) is 0 Å². The second-order valence-corrected chi connectivity index (χ2v) is 5.53. The molecule has 0 aliphatic rings. The molecule has 0 radical (unpaired) electrons. The highest BCUT2D eigenvalue weighted by molar-refractivity contribution is 9.10. The van der Waals surface area contributed by atoms with Gasteiger partial charge in [0.05, 0.1) is 0 Å². The largest absolute Gasteiger partial charge is 0.387 e. The summed E-state index contributed by atoms with van der Waals surface area (Å²) in [6.45, 7) is 1.55. The highest BCUT2D eigenvalue weighted by atomic mass is 79.9. The number of amides is 1. The Bertz CT molecular complexity index is 631. The Morgan fingerprint density at radius 3 is 2.62 bits per heavy atom. The minimum Gasteiger partial charge on any atom is -0.387 e. The van der Waals surface area contributed by atoms with E-state index in [1.165, 1.54) is 0 Å². The molecule has 2 rings (SSSR count).